The minimum absolute atomic E-state index is 0.0121. The van der Waals surface area contributed by atoms with Crippen LogP contribution in [0.2, 0.25) is 0 Å². The van der Waals surface area contributed by atoms with E-state index in [0.29, 0.717) is 28.1 Å². The highest BCUT2D eigenvalue weighted by Crippen LogP contribution is 2.36. The van der Waals surface area contributed by atoms with E-state index in [1.54, 1.807) is 36.7 Å². The van der Waals surface area contributed by atoms with Crippen molar-refractivity contribution in [3.63, 3.8) is 0 Å². The van der Waals surface area contributed by atoms with Crippen LogP contribution in [0.1, 0.15) is 56.5 Å². The molecular formula is C22H24FN3O2. The zero-order valence-electron chi connectivity index (χ0n) is 16.4. The molecule has 2 heterocycles. The third kappa shape index (κ3) is 4.34. The van der Waals surface area contributed by atoms with Gasteiger partial charge in [0, 0.05) is 29.1 Å². The number of ether oxygens (including phenoxy) is 1. The fourth-order valence-electron chi connectivity index (χ4n) is 2.97. The van der Waals surface area contributed by atoms with Crippen LogP contribution in [-0.2, 0) is 0 Å². The van der Waals surface area contributed by atoms with Gasteiger partial charge < -0.3 is 9.84 Å². The number of nitrogens with zero attached hydrogens (tertiary/aromatic N) is 3. The number of aromatic nitrogens is 3. The van der Waals surface area contributed by atoms with Crippen molar-refractivity contribution in [3.8, 4) is 17.3 Å². The number of pyridine rings is 1. The summed E-state index contributed by atoms with van der Waals surface area (Å²) in [4.78, 5) is 13.2. The normalized spacial score (nSPS) is 12.4. The molecule has 3 aromatic rings. The van der Waals surface area contributed by atoms with Crippen molar-refractivity contribution in [2.24, 2.45) is 0 Å². The predicted molar refractivity (Wildman–Crippen MR) is 106 cm³/mol. The van der Waals surface area contributed by atoms with E-state index < -0.39 is 6.10 Å². The average Bonchev–Trinajstić information content (AvgIpc) is 2.67. The van der Waals surface area contributed by atoms with Crippen LogP contribution in [0, 0.1) is 5.82 Å². The molecule has 6 heteroatoms. The molecule has 5 nitrogen and oxygen atoms in total. The monoisotopic (exact) mass is 381 g/mol. The van der Waals surface area contributed by atoms with Gasteiger partial charge in [0.2, 0.25) is 0 Å². The lowest BCUT2D eigenvalue weighted by Crippen LogP contribution is -2.15. The van der Waals surface area contributed by atoms with E-state index in [9.17, 15) is 9.50 Å². The minimum Gasteiger partial charge on any atom is -0.461 e. The fraction of sp³-hybridized carbons (Fsp3) is 0.318. The van der Waals surface area contributed by atoms with E-state index in [2.05, 4.69) is 15.0 Å². The van der Waals surface area contributed by atoms with E-state index in [0.717, 1.165) is 0 Å². The molecule has 1 unspecified atom stereocenters. The first-order valence-corrected chi connectivity index (χ1v) is 9.29. The predicted octanol–water partition coefficient (Wildman–Crippen LogP) is 4.67. The van der Waals surface area contributed by atoms with Gasteiger partial charge in [0.1, 0.15) is 11.9 Å². The van der Waals surface area contributed by atoms with Gasteiger partial charge in [-0.1, -0.05) is 19.9 Å². The van der Waals surface area contributed by atoms with Crippen LogP contribution in [0.3, 0.4) is 0 Å². The van der Waals surface area contributed by atoms with Gasteiger partial charge >= 0.3 is 6.01 Å². The SMILES string of the molecule is CC(C)Oc1nc(-c2ccc(F)cc2)c(C(O)c2cccnc2)c(C(C)C)n1. The van der Waals surface area contributed by atoms with Crippen LogP contribution in [0.4, 0.5) is 4.39 Å². The van der Waals surface area contributed by atoms with Crippen molar-refractivity contribution in [2.45, 2.75) is 45.8 Å². The number of aliphatic hydroxyl groups is 1. The zero-order valence-corrected chi connectivity index (χ0v) is 16.4. The molecule has 0 saturated carbocycles. The Hall–Kier alpha value is -2.86. The average molecular weight is 381 g/mol. The van der Waals surface area contributed by atoms with Gasteiger partial charge in [-0.05, 0) is 50.1 Å². The summed E-state index contributed by atoms with van der Waals surface area (Å²) in [5.41, 5.74) is 3.09. The molecule has 0 radical (unpaired) electrons. The molecule has 0 aliphatic heterocycles. The summed E-state index contributed by atoms with van der Waals surface area (Å²) in [6.45, 7) is 7.79. The number of halogens is 1. The van der Waals surface area contributed by atoms with E-state index in [1.807, 2.05) is 27.7 Å². The molecule has 1 atom stereocenters. The maximum absolute atomic E-state index is 13.5. The summed E-state index contributed by atoms with van der Waals surface area (Å²) in [7, 11) is 0. The molecule has 0 amide bonds. The lowest BCUT2D eigenvalue weighted by Gasteiger charge is -2.22. The Bertz CT molecular complexity index is 929. The maximum Gasteiger partial charge on any atom is 0.317 e. The van der Waals surface area contributed by atoms with Crippen molar-refractivity contribution in [1.29, 1.82) is 0 Å². The van der Waals surface area contributed by atoms with E-state index in [1.165, 1.54) is 12.1 Å². The fourth-order valence-corrected chi connectivity index (χ4v) is 2.97. The summed E-state index contributed by atoms with van der Waals surface area (Å²) in [5, 5.41) is 11.2. The second-order valence-electron chi connectivity index (χ2n) is 7.17. The summed E-state index contributed by atoms with van der Waals surface area (Å²) in [6.07, 6.45) is 2.19. The lowest BCUT2D eigenvalue weighted by molar-refractivity contribution is 0.210. The van der Waals surface area contributed by atoms with Gasteiger partial charge in [-0.25, -0.2) is 4.39 Å². The van der Waals surface area contributed by atoms with Crippen molar-refractivity contribution >= 4 is 0 Å². The number of benzene rings is 1. The highest BCUT2D eigenvalue weighted by atomic mass is 19.1. The maximum atomic E-state index is 13.5. The first-order valence-electron chi connectivity index (χ1n) is 9.29. The molecule has 0 aliphatic carbocycles. The van der Waals surface area contributed by atoms with Crippen LogP contribution >= 0.6 is 0 Å². The van der Waals surface area contributed by atoms with Crippen LogP contribution < -0.4 is 4.74 Å². The topological polar surface area (TPSA) is 68.1 Å². The van der Waals surface area contributed by atoms with E-state index in [4.69, 9.17) is 4.74 Å². The quantitative estimate of drug-likeness (QED) is 0.672. The summed E-state index contributed by atoms with van der Waals surface area (Å²) < 4.78 is 19.2. The van der Waals surface area contributed by atoms with Gasteiger partial charge in [0.15, 0.2) is 0 Å². The molecule has 1 N–H and O–H groups in total. The van der Waals surface area contributed by atoms with Gasteiger partial charge in [-0.15, -0.1) is 0 Å². The Balaban J connectivity index is 2.26. The van der Waals surface area contributed by atoms with Gasteiger partial charge in [0.25, 0.3) is 0 Å². The molecule has 146 valence electrons. The van der Waals surface area contributed by atoms with Crippen LogP contribution in [0.15, 0.2) is 48.8 Å². The molecule has 0 saturated heterocycles. The largest absolute Gasteiger partial charge is 0.461 e. The van der Waals surface area contributed by atoms with Crippen LogP contribution in [-0.4, -0.2) is 26.2 Å². The Morgan fingerprint density at radius 3 is 2.29 bits per heavy atom. The number of hydrogen-bond donors (Lipinski definition) is 1. The Labute approximate surface area is 164 Å². The third-order valence-corrected chi connectivity index (χ3v) is 4.23. The van der Waals surface area contributed by atoms with Gasteiger partial charge in [-0.3, -0.25) is 4.98 Å². The first-order chi connectivity index (χ1) is 13.4. The summed E-state index contributed by atoms with van der Waals surface area (Å²) in [6, 6.07) is 9.82. The molecule has 1 aromatic carbocycles. The number of rotatable bonds is 6. The van der Waals surface area contributed by atoms with Crippen molar-refractivity contribution in [1.82, 2.24) is 15.0 Å². The van der Waals surface area contributed by atoms with Crippen molar-refractivity contribution in [3.05, 3.63) is 71.4 Å². The Morgan fingerprint density at radius 1 is 1.00 bits per heavy atom. The minimum atomic E-state index is -0.973. The number of aliphatic hydroxyl groups excluding tert-OH is 1. The third-order valence-electron chi connectivity index (χ3n) is 4.23. The first kappa shape index (κ1) is 19.9. The lowest BCUT2D eigenvalue weighted by atomic mass is 9.92. The molecule has 28 heavy (non-hydrogen) atoms. The number of hydrogen-bond acceptors (Lipinski definition) is 5. The molecule has 0 fully saturated rings. The zero-order chi connectivity index (χ0) is 20.3. The highest BCUT2D eigenvalue weighted by molar-refractivity contribution is 5.66. The van der Waals surface area contributed by atoms with E-state index >= 15 is 0 Å². The standard InChI is InChI=1S/C22H24FN3O2/c1-13(2)19-18(21(27)16-6-5-11-24-12-16)20(15-7-9-17(23)10-8-15)26-22(25-19)28-14(3)4/h5-14,21,27H,1-4H3. The molecule has 0 aliphatic rings. The highest BCUT2D eigenvalue weighted by Gasteiger charge is 2.26. The Morgan fingerprint density at radius 2 is 1.71 bits per heavy atom. The van der Waals surface area contributed by atoms with Crippen LogP contribution in [0.5, 0.6) is 6.01 Å². The second kappa shape index (κ2) is 8.44. The van der Waals surface area contributed by atoms with Gasteiger partial charge in [0.05, 0.1) is 17.5 Å². The molecule has 3 rings (SSSR count). The smallest absolute Gasteiger partial charge is 0.317 e. The van der Waals surface area contributed by atoms with Crippen molar-refractivity contribution in [2.75, 3.05) is 0 Å². The summed E-state index contributed by atoms with van der Waals surface area (Å²) >= 11 is 0. The molecule has 0 spiro atoms. The summed E-state index contributed by atoms with van der Waals surface area (Å²) in [5.74, 6) is -0.326. The molecule has 0 bridgehead atoms. The van der Waals surface area contributed by atoms with Crippen molar-refractivity contribution < 1.29 is 14.2 Å². The van der Waals surface area contributed by atoms with Gasteiger partial charge in [-0.2, -0.15) is 9.97 Å². The molecule has 2 aromatic heterocycles. The Kier molecular flexibility index (Phi) is 5.99. The van der Waals surface area contributed by atoms with Crippen LogP contribution in [0.25, 0.3) is 11.3 Å². The molecular weight excluding hydrogens is 357 g/mol. The second-order valence-corrected chi connectivity index (χ2v) is 7.17. The van der Waals surface area contributed by atoms with E-state index in [-0.39, 0.29) is 23.8 Å².